The summed E-state index contributed by atoms with van der Waals surface area (Å²) < 4.78 is 25.0. The molecule has 4 nitrogen and oxygen atoms in total. The summed E-state index contributed by atoms with van der Waals surface area (Å²) >= 11 is 5.73. The minimum atomic E-state index is -3.67. The normalized spacial score (nSPS) is 11.4. The molecule has 0 heterocycles. The maximum absolute atomic E-state index is 12.0. The first-order valence-electron chi connectivity index (χ1n) is 4.34. The van der Waals surface area contributed by atoms with Crippen molar-refractivity contribution in [2.24, 2.45) is 0 Å². The van der Waals surface area contributed by atoms with E-state index in [9.17, 15) is 8.42 Å². The van der Waals surface area contributed by atoms with Crippen molar-refractivity contribution in [3.05, 3.63) is 23.2 Å². The van der Waals surface area contributed by atoms with E-state index in [1.807, 2.05) is 0 Å². The largest absolute Gasteiger partial charge is 0.398 e. The van der Waals surface area contributed by atoms with Crippen LogP contribution >= 0.6 is 11.6 Å². The quantitative estimate of drug-likeness (QED) is 0.654. The second kappa shape index (κ2) is 4.74. The lowest BCUT2D eigenvalue weighted by atomic mass is 10.3. The summed E-state index contributed by atoms with van der Waals surface area (Å²) in [5.74, 6) is 2.25. The van der Waals surface area contributed by atoms with Crippen LogP contribution in [-0.4, -0.2) is 26.3 Å². The fourth-order valence-corrected chi connectivity index (χ4v) is 2.57. The van der Waals surface area contributed by atoms with Crippen molar-refractivity contribution in [2.45, 2.75) is 4.90 Å². The number of hydrogen-bond acceptors (Lipinski definition) is 3. The van der Waals surface area contributed by atoms with Crippen LogP contribution in [0.3, 0.4) is 0 Å². The van der Waals surface area contributed by atoms with E-state index >= 15 is 0 Å². The molecule has 2 N–H and O–H groups in total. The van der Waals surface area contributed by atoms with Crippen molar-refractivity contribution in [3.8, 4) is 12.3 Å². The summed E-state index contributed by atoms with van der Waals surface area (Å²) in [6.07, 6.45) is 5.06. The number of sulfonamides is 1. The average Bonchev–Trinajstić information content (AvgIpc) is 2.22. The number of nitrogens with two attached hydrogens (primary N) is 1. The third-order valence-electron chi connectivity index (χ3n) is 1.98. The van der Waals surface area contributed by atoms with Gasteiger partial charge in [0.15, 0.2) is 0 Å². The van der Waals surface area contributed by atoms with Crippen LogP contribution in [0.15, 0.2) is 23.1 Å². The van der Waals surface area contributed by atoms with E-state index in [1.165, 1.54) is 25.2 Å². The number of terminal acetylenes is 1. The molecule has 0 bridgehead atoms. The Morgan fingerprint density at radius 3 is 2.75 bits per heavy atom. The Hall–Kier alpha value is -1.22. The van der Waals surface area contributed by atoms with Crippen molar-refractivity contribution in [2.75, 3.05) is 19.3 Å². The molecule has 0 unspecified atom stereocenters. The number of benzene rings is 1. The van der Waals surface area contributed by atoms with Gasteiger partial charge < -0.3 is 5.73 Å². The standard InChI is InChI=1S/C10H11ClN2O2S/c1-3-6-13(2)16(14,15)10-7-8(11)4-5-9(10)12/h1,4-5,7H,6,12H2,2H3. The molecule has 0 aromatic heterocycles. The molecular formula is C10H11ClN2O2S. The SMILES string of the molecule is C#CCN(C)S(=O)(=O)c1cc(Cl)ccc1N. The van der Waals surface area contributed by atoms with E-state index in [-0.39, 0.29) is 17.1 Å². The van der Waals surface area contributed by atoms with Gasteiger partial charge in [-0.15, -0.1) is 6.42 Å². The minimum Gasteiger partial charge on any atom is -0.398 e. The first-order valence-corrected chi connectivity index (χ1v) is 6.16. The van der Waals surface area contributed by atoms with Crippen LogP contribution in [0.25, 0.3) is 0 Å². The van der Waals surface area contributed by atoms with Crippen LogP contribution in [0.4, 0.5) is 5.69 Å². The van der Waals surface area contributed by atoms with Crippen LogP contribution in [0.2, 0.25) is 5.02 Å². The molecule has 0 fully saturated rings. The van der Waals surface area contributed by atoms with Gasteiger partial charge >= 0.3 is 0 Å². The van der Waals surface area contributed by atoms with E-state index in [0.717, 1.165) is 4.31 Å². The summed E-state index contributed by atoms with van der Waals surface area (Å²) in [5, 5.41) is 0.307. The van der Waals surface area contributed by atoms with Gasteiger partial charge in [-0.2, -0.15) is 4.31 Å². The summed E-state index contributed by atoms with van der Waals surface area (Å²) in [5.41, 5.74) is 5.74. The maximum atomic E-state index is 12.0. The molecule has 0 saturated carbocycles. The summed E-state index contributed by atoms with van der Waals surface area (Å²) in [6.45, 7) is -0.0196. The predicted molar refractivity (Wildman–Crippen MR) is 64.5 cm³/mol. The van der Waals surface area contributed by atoms with Crippen molar-refractivity contribution >= 4 is 27.3 Å². The van der Waals surface area contributed by atoms with E-state index < -0.39 is 10.0 Å². The summed E-state index contributed by atoms with van der Waals surface area (Å²) in [7, 11) is -2.29. The van der Waals surface area contributed by atoms with Crippen LogP contribution in [-0.2, 0) is 10.0 Å². The molecule has 1 aromatic carbocycles. The van der Waals surface area contributed by atoms with E-state index in [0.29, 0.717) is 5.02 Å². The Labute approximate surface area is 100 Å². The van der Waals surface area contributed by atoms with E-state index in [2.05, 4.69) is 5.92 Å². The fraction of sp³-hybridized carbons (Fsp3) is 0.200. The third-order valence-corrected chi connectivity index (χ3v) is 4.07. The minimum absolute atomic E-state index is 0.0196. The van der Waals surface area contributed by atoms with Gasteiger partial charge in [-0.1, -0.05) is 17.5 Å². The van der Waals surface area contributed by atoms with Gasteiger partial charge in [-0.05, 0) is 18.2 Å². The average molecular weight is 259 g/mol. The Morgan fingerprint density at radius 1 is 1.56 bits per heavy atom. The van der Waals surface area contributed by atoms with Crippen LogP contribution in [0.5, 0.6) is 0 Å². The number of nitrogens with zero attached hydrogens (tertiary/aromatic N) is 1. The molecule has 0 aliphatic heterocycles. The Bertz CT molecular complexity index is 534. The number of hydrogen-bond donors (Lipinski definition) is 1. The molecule has 0 aliphatic rings. The molecule has 0 radical (unpaired) electrons. The molecule has 0 spiro atoms. The molecule has 1 rings (SSSR count). The first-order chi connectivity index (χ1) is 7.39. The lowest BCUT2D eigenvalue weighted by Crippen LogP contribution is -2.27. The number of nitrogen functional groups attached to an aromatic ring is 1. The molecule has 0 aliphatic carbocycles. The second-order valence-corrected chi connectivity index (χ2v) is 5.60. The highest BCUT2D eigenvalue weighted by atomic mass is 35.5. The monoisotopic (exact) mass is 258 g/mol. The highest BCUT2D eigenvalue weighted by Gasteiger charge is 2.22. The molecule has 0 atom stereocenters. The number of rotatable bonds is 3. The lowest BCUT2D eigenvalue weighted by molar-refractivity contribution is 0.503. The Balaban J connectivity index is 3.28. The zero-order valence-corrected chi connectivity index (χ0v) is 10.2. The van der Waals surface area contributed by atoms with Gasteiger partial charge in [-0.25, -0.2) is 8.42 Å². The molecule has 0 saturated heterocycles. The first kappa shape index (κ1) is 12.8. The second-order valence-electron chi connectivity index (χ2n) is 3.15. The highest BCUT2D eigenvalue weighted by molar-refractivity contribution is 7.89. The summed E-state index contributed by atoms with van der Waals surface area (Å²) in [4.78, 5) is -0.0299. The van der Waals surface area contributed by atoms with Crippen LogP contribution in [0, 0.1) is 12.3 Å². The Morgan fingerprint density at radius 2 is 2.19 bits per heavy atom. The Kier molecular flexibility index (Phi) is 3.81. The molecule has 16 heavy (non-hydrogen) atoms. The fourth-order valence-electron chi connectivity index (χ4n) is 1.11. The lowest BCUT2D eigenvalue weighted by Gasteiger charge is -2.15. The number of anilines is 1. The zero-order chi connectivity index (χ0) is 12.3. The van der Waals surface area contributed by atoms with Gasteiger partial charge in [0.1, 0.15) is 4.90 Å². The zero-order valence-electron chi connectivity index (χ0n) is 8.64. The van der Waals surface area contributed by atoms with Crippen LogP contribution < -0.4 is 5.73 Å². The smallest absolute Gasteiger partial charge is 0.245 e. The van der Waals surface area contributed by atoms with Gasteiger partial charge in [0.05, 0.1) is 12.2 Å². The van der Waals surface area contributed by atoms with Gasteiger partial charge in [0.2, 0.25) is 10.0 Å². The van der Waals surface area contributed by atoms with E-state index in [4.69, 9.17) is 23.8 Å². The molecular weight excluding hydrogens is 248 g/mol. The number of halogens is 1. The summed E-state index contributed by atoms with van der Waals surface area (Å²) in [6, 6.07) is 4.27. The van der Waals surface area contributed by atoms with E-state index in [1.54, 1.807) is 0 Å². The van der Waals surface area contributed by atoms with Crippen LogP contribution in [0.1, 0.15) is 0 Å². The van der Waals surface area contributed by atoms with Crippen molar-refractivity contribution in [1.29, 1.82) is 0 Å². The van der Waals surface area contributed by atoms with Crippen molar-refractivity contribution in [3.63, 3.8) is 0 Å². The molecule has 1 aromatic rings. The third kappa shape index (κ3) is 2.47. The molecule has 86 valence electrons. The topological polar surface area (TPSA) is 63.4 Å². The predicted octanol–water partition coefficient (Wildman–Crippen LogP) is 1.18. The highest BCUT2D eigenvalue weighted by Crippen LogP contribution is 2.24. The van der Waals surface area contributed by atoms with Crippen molar-refractivity contribution in [1.82, 2.24) is 4.31 Å². The van der Waals surface area contributed by atoms with Crippen molar-refractivity contribution < 1.29 is 8.42 Å². The maximum Gasteiger partial charge on any atom is 0.245 e. The molecule has 6 heteroatoms. The van der Waals surface area contributed by atoms with Gasteiger partial charge in [0, 0.05) is 12.1 Å². The molecule has 0 amide bonds. The van der Waals surface area contributed by atoms with Gasteiger partial charge in [-0.3, -0.25) is 0 Å². The van der Waals surface area contributed by atoms with Gasteiger partial charge in [0.25, 0.3) is 0 Å².